The Kier molecular flexibility index (Phi) is 5.51. The van der Waals surface area contributed by atoms with Gasteiger partial charge in [-0.15, -0.1) is 12.4 Å². The van der Waals surface area contributed by atoms with Crippen LogP contribution in [0.1, 0.15) is 43.6 Å². The van der Waals surface area contributed by atoms with Gasteiger partial charge in [-0.1, -0.05) is 6.07 Å². The second-order valence-corrected chi connectivity index (χ2v) is 8.30. The molecular formula is C21H29ClN2O3. The zero-order valence-corrected chi connectivity index (χ0v) is 16.5. The second kappa shape index (κ2) is 7.88. The molecule has 2 aliphatic carbocycles. The summed E-state index contributed by atoms with van der Waals surface area (Å²) in [7, 11) is 0. The molecule has 1 saturated heterocycles. The normalized spacial score (nSPS) is 27.0. The summed E-state index contributed by atoms with van der Waals surface area (Å²) in [5.41, 5.74) is 1.22. The molecule has 0 aromatic heterocycles. The number of benzene rings is 1. The number of ether oxygens (including phenoxy) is 2. The average molecular weight is 393 g/mol. The summed E-state index contributed by atoms with van der Waals surface area (Å²) in [5, 5.41) is 3.69. The third-order valence-corrected chi connectivity index (χ3v) is 6.30. The molecule has 0 spiro atoms. The first-order valence-corrected chi connectivity index (χ1v) is 10.2. The molecule has 0 radical (unpaired) electrons. The number of fused-ring (bicyclic) bond motifs is 1. The number of amides is 1. The first-order valence-electron chi connectivity index (χ1n) is 10.2. The van der Waals surface area contributed by atoms with Gasteiger partial charge in [0, 0.05) is 25.0 Å². The summed E-state index contributed by atoms with van der Waals surface area (Å²) in [6, 6.07) is 6.76. The van der Waals surface area contributed by atoms with E-state index in [1.165, 1.54) is 24.9 Å². The Bertz CT molecular complexity index is 686. The number of nitrogens with one attached hydrogen (secondary N) is 1. The molecule has 5 nitrogen and oxygen atoms in total. The molecule has 3 fully saturated rings. The number of rotatable bonds is 5. The summed E-state index contributed by atoms with van der Waals surface area (Å²) < 4.78 is 11.3. The highest BCUT2D eigenvalue weighted by atomic mass is 35.5. The van der Waals surface area contributed by atoms with Crippen LogP contribution in [-0.4, -0.2) is 49.7 Å². The van der Waals surface area contributed by atoms with Crippen molar-refractivity contribution in [2.75, 3.05) is 32.8 Å². The van der Waals surface area contributed by atoms with Gasteiger partial charge in [0.15, 0.2) is 11.5 Å². The van der Waals surface area contributed by atoms with Crippen LogP contribution in [0.3, 0.4) is 0 Å². The van der Waals surface area contributed by atoms with E-state index in [9.17, 15) is 4.79 Å². The maximum atomic E-state index is 12.9. The van der Waals surface area contributed by atoms with E-state index in [4.69, 9.17) is 9.47 Å². The van der Waals surface area contributed by atoms with E-state index in [1.807, 2.05) is 6.07 Å². The van der Waals surface area contributed by atoms with Gasteiger partial charge in [-0.2, -0.15) is 0 Å². The van der Waals surface area contributed by atoms with Gasteiger partial charge in [0.05, 0.1) is 0 Å². The number of hydrogen-bond donors (Lipinski definition) is 1. The summed E-state index contributed by atoms with van der Waals surface area (Å²) >= 11 is 0. The Morgan fingerprint density at radius 3 is 2.56 bits per heavy atom. The minimum absolute atomic E-state index is 0. The molecule has 148 valence electrons. The molecule has 5 rings (SSSR count). The van der Waals surface area contributed by atoms with E-state index in [1.54, 1.807) is 0 Å². The van der Waals surface area contributed by atoms with Gasteiger partial charge in [0.25, 0.3) is 0 Å². The largest absolute Gasteiger partial charge is 0.486 e. The van der Waals surface area contributed by atoms with Crippen molar-refractivity contribution in [1.29, 1.82) is 0 Å². The SMILES string of the molecule is Cl.O=C(C1CC1c1ccc2c(c1)OCCO2)N1CCC(NCC2CC2)CC1. The number of halogens is 1. The number of likely N-dealkylation sites (tertiary alicyclic amines) is 1. The minimum atomic E-state index is 0. The lowest BCUT2D eigenvalue weighted by Crippen LogP contribution is -2.46. The van der Waals surface area contributed by atoms with Gasteiger partial charge in [-0.25, -0.2) is 0 Å². The first kappa shape index (κ1) is 18.9. The number of nitrogens with zero attached hydrogens (tertiary/aromatic N) is 1. The van der Waals surface area contributed by atoms with Gasteiger partial charge in [0.1, 0.15) is 13.2 Å². The third kappa shape index (κ3) is 4.19. The maximum Gasteiger partial charge on any atom is 0.226 e. The molecule has 2 saturated carbocycles. The Labute approximate surface area is 167 Å². The summed E-state index contributed by atoms with van der Waals surface area (Å²) in [6.07, 6.45) is 5.96. The monoisotopic (exact) mass is 392 g/mol. The van der Waals surface area contributed by atoms with Crippen LogP contribution in [-0.2, 0) is 4.79 Å². The molecule has 27 heavy (non-hydrogen) atoms. The topological polar surface area (TPSA) is 50.8 Å². The van der Waals surface area contributed by atoms with Crippen molar-refractivity contribution in [3.05, 3.63) is 23.8 Å². The molecular weight excluding hydrogens is 364 g/mol. The van der Waals surface area contributed by atoms with Crippen LogP contribution < -0.4 is 14.8 Å². The lowest BCUT2D eigenvalue weighted by atomic mass is 10.0. The molecule has 0 bridgehead atoms. The maximum absolute atomic E-state index is 12.9. The number of piperidine rings is 1. The van der Waals surface area contributed by atoms with Crippen molar-refractivity contribution in [2.45, 2.75) is 44.1 Å². The van der Waals surface area contributed by atoms with Crippen molar-refractivity contribution < 1.29 is 14.3 Å². The van der Waals surface area contributed by atoms with Crippen LogP contribution >= 0.6 is 12.4 Å². The number of carbonyl (C=O) groups is 1. The van der Waals surface area contributed by atoms with Crippen molar-refractivity contribution in [2.24, 2.45) is 11.8 Å². The fourth-order valence-corrected chi connectivity index (χ4v) is 4.32. The molecule has 2 aliphatic heterocycles. The Hall–Kier alpha value is -1.46. The van der Waals surface area contributed by atoms with Crippen molar-refractivity contribution in [1.82, 2.24) is 10.2 Å². The zero-order valence-electron chi connectivity index (χ0n) is 15.7. The van der Waals surface area contributed by atoms with E-state index < -0.39 is 0 Å². The second-order valence-electron chi connectivity index (χ2n) is 8.30. The Balaban J connectivity index is 0.00000180. The predicted molar refractivity (Wildman–Crippen MR) is 106 cm³/mol. The fourth-order valence-electron chi connectivity index (χ4n) is 4.32. The molecule has 1 N–H and O–H groups in total. The predicted octanol–water partition coefficient (Wildman–Crippen LogP) is 2.97. The molecule has 1 aromatic carbocycles. The minimum Gasteiger partial charge on any atom is -0.486 e. The van der Waals surface area contributed by atoms with E-state index in [0.29, 0.717) is 31.1 Å². The van der Waals surface area contributed by atoms with Gasteiger partial charge in [-0.3, -0.25) is 4.79 Å². The van der Waals surface area contributed by atoms with Crippen LogP contribution in [0.5, 0.6) is 11.5 Å². The Morgan fingerprint density at radius 1 is 1.07 bits per heavy atom. The number of hydrogen-bond acceptors (Lipinski definition) is 4. The van der Waals surface area contributed by atoms with Gasteiger partial charge >= 0.3 is 0 Å². The van der Waals surface area contributed by atoms with E-state index >= 15 is 0 Å². The van der Waals surface area contributed by atoms with E-state index in [0.717, 1.165) is 49.8 Å². The van der Waals surface area contributed by atoms with Crippen LogP contribution in [0.4, 0.5) is 0 Å². The average Bonchev–Trinajstić information content (AvgIpc) is 3.60. The standard InChI is InChI=1S/C21H28N2O3.ClH/c24-21(23-7-5-16(6-8-23)22-13-14-1-2-14)18-12-17(18)15-3-4-19-20(11-15)26-10-9-25-19;/h3-4,11,14,16-18,22H,1-2,5-10,12-13H2;1H. The van der Waals surface area contributed by atoms with Crippen LogP contribution in [0.2, 0.25) is 0 Å². The number of carbonyl (C=O) groups excluding carboxylic acids is 1. The molecule has 2 atom stereocenters. The first-order chi connectivity index (χ1) is 12.8. The van der Waals surface area contributed by atoms with Gasteiger partial charge in [-0.05, 0) is 68.2 Å². The molecule has 4 aliphatic rings. The molecule has 1 aromatic rings. The van der Waals surface area contributed by atoms with Crippen molar-refractivity contribution in [3.8, 4) is 11.5 Å². The third-order valence-electron chi connectivity index (χ3n) is 6.30. The van der Waals surface area contributed by atoms with E-state index in [-0.39, 0.29) is 18.3 Å². The van der Waals surface area contributed by atoms with Crippen molar-refractivity contribution >= 4 is 18.3 Å². The van der Waals surface area contributed by atoms with Gasteiger partial charge < -0.3 is 19.7 Å². The summed E-state index contributed by atoms with van der Waals surface area (Å²) in [6.45, 7) is 4.21. The zero-order chi connectivity index (χ0) is 17.5. The highest BCUT2D eigenvalue weighted by Crippen LogP contribution is 2.50. The molecule has 2 heterocycles. The van der Waals surface area contributed by atoms with Gasteiger partial charge in [0.2, 0.25) is 5.91 Å². The quantitative estimate of drug-likeness (QED) is 0.837. The Morgan fingerprint density at radius 2 is 1.81 bits per heavy atom. The lowest BCUT2D eigenvalue weighted by molar-refractivity contribution is -0.133. The molecule has 2 unspecified atom stereocenters. The highest BCUT2D eigenvalue weighted by Gasteiger charge is 2.46. The molecule has 1 amide bonds. The lowest BCUT2D eigenvalue weighted by Gasteiger charge is -2.33. The summed E-state index contributed by atoms with van der Waals surface area (Å²) in [5.74, 6) is 3.44. The van der Waals surface area contributed by atoms with Crippen LogP contribution in [0.15, 0.2) is 18.2 Å². The van der Waals surface area contributed by atoms with Crippen molar-refractivity contribution in [3.63, 3.8) is 0 Å². The molecule has 6 heteroatoms. The van der Waals surface area contributed by atoms with Crippen LogP contribution in [0.25, 0.3) is 0 Å². The highest BCUT2D eigenvalue weighted by molar-refractivity contribution is 5.85. The van der Waals surface area contributed by atoms with Crippen LogP contribution in [0, 0.1) is 11.8 Å². The fraction of sp³-hybridized carbons (Fsp3) is 0.667. The summed E-state index contributed by atoms with van der Waals surface area (Å²) in [4.78, 5) is 15.0. The smallest absolute Gasteiger partial charge is 0.226 e. The van der Waals surface area contributed by atoms with E-state index in [2.05, 4.69) is 22.3 Å².